The average Bonchev–Trinajstić information content (AvgIpc) is 2.39. The van der Waals surface area contributed by atoms with Gasteiger partial charge in [0, 0.05) is 26.3 Å². The van der Waals surface area contributed by atoms with Crippen LogP contribution in [0.15, 0.2) is 0 Å². The normalized spacial score (nSPS) is 17.7. The van der Waals surface area contributed by atoms with Crippen LogP contribution in [0.2, 0.25) is 0 Å². The fraction of sp³-hybridized carbons (Fsp3) is 1.00. The molecular weight excluding hydrogens is 268 g/mol. The van der Waals surface area contributed by atoms with Crippen LogP contribution in [0.5, 0.6) is 0 Å². The molecule has 6 N–H and O–H groups in total. The summed E-state index contributed by atoms with van der Waals surface area (Å²) in [6.07, 6.45) is -1.35. The largest absolute Gasteiger partial charge is 0.388 e. The maximum Gasteiger partial charge on any atom is 0.101 e. The van der Waals surface area contributed by atoms with Gasteiger partial charge in [0.2, 0.25) is 0 Å². The summed E-state index contributed by atoms with van der Waals surface area (Å²) in [6.45, 7) is 1.13. The van der Waals surface area contributed by atoms with Crippen molar-refractivity contribution in [2.75, 3.05) is 53.9 Å². The lowest BCUT2D eigenvalue weighted by molar-refractivity contribution is -0.0219. The molecule has 122 valence electrons. The number of aliphatic hydroxyl groups is 2. The van der Waals surface area contributed by atoms with Crippen LogP contribution >= 0.6 is 0 Å². The second-order valence-corrected chi connectivity index (χ2v) is 4.62. The van der Waals surface area contributed by atoms with Gasteiger partial charge in [-0.05, 0) is 0 Å². The maximum absolute atomic E-state index is 9.37. The van der Waals surface area contributed by atoms with E-state index in [0.29, 0.717) is 0 Å². The summed E-state index contributed by atoms with van der Waals surface area (Å²) >= 11 is 0. The minimum absolute atomic E-state index is 0.141. The van der Waals surface area contributed by atoms with Crippen molar-refractivity contribution in [3.8, 4) is 0 Å². The van der Waals surface area contributed by atoms with E-state index in [0.717, 1.165) is 0 Å². The van der Waals surface area contributed by atoms with Gasteiger partial charge < -0.3 is 40.6 Å². The van der Waals surface area contributed by atoms with Crippen LogP contribution in [-0.2, 0) is 18.9 Å². The Morgan fingerprint density at radius 1 is 0.700 bits per heavy atom. The fourth-order valence-electron chi connectivity index (χ4n) is 1.41. The van der Waals surface area contributed by atoms with E-state index < -0.39 is 24.3 Å². The molecule has 8 heteroatoms. The molecule has 4 unspecified atom stereocenters. The molecule has 20 heavy (non-hydrogen) atoms. The van der Waals surface area contributed by atoms with Gasteiger partial charge in [0.1, 0.15) is 12.2 Å². The van der Waals surface area contributed by atoms with Crippen LogP contribution in [0.3, 0.4) is 0 Å². The Labute approximate surface area is 119 Å². The molecule has 0 aliphatic heterocycles. The van der Waals surface area contributed by atoms with E-state index in [1.165, 1.54) is 14.2 Å². The van der Waals surface area contributed by atoms with Crippen LogP contribution in [0.1, 0.15) is 0 Å². The number of methoxy groups -OCH3 is 2. The first-order chi connectivity index (χ1) is 9.51. The zero-order chi connectivity index (χ0) is 15.4. The predicted molar refractivity (Wildman–Crippen MR) is 73.4 cm³/mol. The number of nitrogens with two attached hydrogens (primary N) is 2. The first-order valence-electron chi connectivity index (χ1n) is 6.51. The molecule has 0 bridgehead atoms. The zero-order valence-corrected chi connectivity index (χ0v) is 12.2. The third-order valence-electron chi connectivity index (χ3n) is 2.51. The Kier molecular flexibility index (Phi) is 12.2. The minimum atomic E-state index is -0.677. The van der Waals surface area contributed by atoms with Gasteiger partial charge in [-0.15, -0.1) is 0 Å². The standard InChI is InChI=1S/C12H28N2O6/c1-17-3-9(15)5-19-7-11(13)12(14)8-20-6-10(16)4-18-2/h9-12,15-16H,3-8,13-14H2,1-2H3. The molecule has 0 amide bonds. The Morgan fingerprint density at radius 3 is 1.35 bits per heavy atom. The van der Waals surface area contributed by atoms with Crippen LogP contribution in [-0.4, -0.2) is 88.4 Å². The summed E-state index contributed by atoms with van der Waals surface area (Å²) in [5.74, 6) is 0. The second-order valence-electron chi connectivity index (χ2n) is 4.62. The highest BCUT2D eigenvalue weighted by molar-refractivity contribution is 4.75. The van der Waals surface area contributed by atoms with Gasteiger partial charge in [0.15, 0.2) is 0 Å². The molecular formula is C12H28N2O6. The average molecular weight is 296 g/mol. The van der Waals surface area contributed by atoms with Gasteiger partial charge in [0.25, 0.3) is 0 Å². The van der Waals surface area contributed by atoms with Crippen molar-refractivity contribution in [2.45, 2.75) is 24.3 Å². The molecule has 0 aromatic rings. The highest BCUT2D eigenvalue weighted by Gasteiger charge is 2.15. The summed E-state index contributed by atoms with van der Waals surface area (Å²) in [5, 5.41) is 18.7. The number of ether oxygens (including phenoxy) is 4. The van der Waals surface area contributed by atoms with Gasteiger partial charge in [-0.1, -0.05) is 0 Å². The quantitative estimate of drug-likeness (QED) is 0.298. The smallest absolute Gasteiger partial charge is 0.101 e. The molecule has 0 radical (unpaired) electrons. The monoisotopic (exact) mass is 296 g/mol. The van der Waals surface area contributed by atoms with Crippen LogP contribution in [0, 0.1) is 0 Å². The number of aliphatic hydroxyl groups excluding tert-OH is 2. The molecule has 0 aliphatic carbocycles. The van der Waals surface area contributed by atoms with Crippen molar-refractivity contribution in [3.63, 3.8) is 0 Å². The van der Waals surface area contributed by atoms with E-state index in [1.54, 1.807) is 0 Å². The topological polar surface area (TPSA) is 129 Å². The summed E-state index contributed by atoms with van der Waals surface area (Å²) < 4.78 is 20.0. The SMILES string of the molecule is COCC(O)COCC(N)C(N)COCC(O)COC. The van der Waals surface area contributed by atoms with E-state index in [4.69, 9.17) is 30.4 Å². The number of hydrogen-bond acceptors (Lipinski definition) is 8. The summed E-state index contributed by atoms with van der Waals surface area (Å²) in [4.78, 5) is 0. The van der Waals surface area contributed by atoms with Gasteiger partial charge in [-0.2, -0.15) is 0 Å². The molecule has 8 nitrogen and oxygen atoms in total. The summed E-state index contributed by atoms with van der Waals surface area (Å²) in [6, 6.07) is -0.825. The lowest BCUT2D eigenvalue weighted by Gasteiger charge is -2.21. The van der Waals surface area contributed by atoms with Crippen molar-refractivity contribution < 1.29 is 29.2 Å². The molecule has 0 saturated heterocycles. The van der Waals surface area contributed by atoms with Crippen molar-refractivity contribution in [2.24, 2.45) is 11.5 Å². The van der Waals surface area contributed by atoms with Crippen molar-refractivity contribution in [1.29, 1.82) is 0 Å². The summed E-state index contributed by atoms with van der Waals surface area (Å²) in [7, 11) is 3.00. The Bertz CT molecular complexity index is 200. The predicted octanol–water partition coefficient (Wildman–Crippen LogP) is -2.31. The van der Waals surface area contributed by atoms with E-state index in [9.17, 15) is 10.2 Å². The molecule has 0 spiro atoms. The molecule has 4 atom stereocenters. The lowest BCUT2D eigenvalue weighted by atomic mass is 10.1. The van der Waals surface area contributed by atoms with E-state index in [-0.39, 0.29) is 39.6 Å². The third-order valence-corrected chi connectivity index (χ3v) is 2.51. The van der Waals surface area contributed by atoms with E-state index in [2.05, 4.69) is 0 Å². The molecule has 0 aliphatic rings. The molecule has 0 aromatic heterocycles. The first kappa shape index (κ1) is 19.7. The van der Waals surface area contributed by atoms with Gasteiger partial charge >= 0.3 is 0 Å². The molecule has 0 saturated carbocycles. The van der Waals surface area contributed by atoms with Crippen LogP contribution in [0.25, 0.3) is 0 Å². The Morgan fingerprint density at radius 2 is 1.05 bits per heavy atom. The van der Waals surface area contributed by atoms with Crippen molar-refractivity contribution in [1.82, 2.24) is 0 Å². The molecule has 0 fully saturated rings. The fourth-order valence-corrected chi connectivity index (χ4v) is 1.41. The van der Waals surface area contributed by atoms with E-state index >= 15 is 0 Å². The van der Waals surface area contributed by atoms with Crippen LogP contribution < -0.4 is 11.5 Å². The highest BCUT2D eigenvalue weighted by Crippen LogP contribution is 1.95. The number of rotatable bonds is 13. The van der Waals surface area contributed by atoms with Crippen molar-refractivity contribution in [3.05, 3.63) is 0 Å². The maximum atomic E-state index is 9.37. The van der Waals surface area contributed by atoms with E-state index in [1.807, 2.05) is 0 Å². The molecule has 0 rings (SSSR count). The van der Waals surface area contributed by atoms with Crippen molar-refractivity contribution >= 4 is 0 Å². The van der Waals surface area contributed by atoms with Crippen LogP contribution in [0.4, 0.5) is 0 Å². The highest BCUT2D eigenvalue weighted by atomic mass is 16.5. The zero-order valence-electron chi connectivity index (χ0n) is 12.2. The lowest BCUT2D eigenvalue weighted by Crippen LogP contribution is -2.48. The van der Waals surface area contributed by atoms with Gasteiger partial charge in [-0.3, -0.25) is 0 Å². The summed E-state index contributed by atoms with van der Waals surface area (Å²) in [5.41, 5.74) is 11.6. The molecule has 0 aromatic carbocycles. The van der Waals surface area contributed by atoms with Gasteiger partial charge in [-0.25, -0.2) is 0 Å². The second kappa shape index (κ2) is 12.4. The Balaban J connectivity index is 3.62. The number of hydrogen-bond donors (Lipinski definition) is 4. The Hall–Kier alpha value is -0.320. The first-order valence-corrected chi connectivity index (χ1v) is 6.51. The third kappa shape index (κ3) is 10.5. The van der Waals surface area contributed by atoms with Gasteiger partial charge in [0.05, 0.1) is 39.6 Å². The minimum Gasteiger partial charge on any atom is -0.388 e. The molecule has 0 heterocycles.